The van der Waals surface area contributed by atoms with Crippen LogP contribution in [-0.2, 0) is 4.74 Å². The molecule has 0 saturated carbocycles. The lowest BCUT2D eigenvalue weighted by Crippen LogP contribution is -2.58. The van der Waals surface area contributed by atoms with E-state index in [9.17, 15) is 40.5 Å². The molecule has 0 unspecified atom stereocenters. The molecule has 7 N–H and O–H groups in total. The molecule has 1 fully saturated rings. The van der Waals surface area contributed by atoms with E-state index in [0.717, 1.165) is 18.2 Å². The van der Waals surface area contributed by atoms with Gasteiger partial charge in [0.1, 0.15) is 29.3 Å². The first-order chi connectivity index (χ1) is 15.1. The number of rotatable bonds is 3. The van der Waals surface area contributed by atoms with Crippen LogP contribution in [0, 0.1) is 0 Å². The molecule has 1 aromatic heterocycles. The van der Waals surface area contributed by atoms with Crippen LogP contribution in [0.25, 0.3) is 22.3 Å². The molecule has 1 saturated heterocycles. The maximum atomic E-state index is 13.2. The van der Waals surface area contributed by atoms with Gasteiger partial charge in [0.15, 0.2) is 28.8 Å². The van der Waals surface area contributed by atoms with Crippen molar-refractivity contribution in [1.29, 1.82) is 0 Å². The van der Waals surface area contributed by atoms with E-state index in [4.69, 9.17) is 13.9 Å². The number of phenolic OH excluding ortho intramolecular Hbond substituents is 4. The van der Waals surface area contributed by atoms with Gasteiger partial charge >= 0.3 is 0 Å². The lowest BCUT2D eigenvalue weighted by molar-refractivity contribution is -0.268. The van der Waals surface area contributed by atoms with Crippen LogP contribution in [0.3, 0.4) is 0 Å². The number of aliphatic hydroxyl groups excluding tert-OH is 3. The molecule has 0 amide bonds. The van der Waals surface area contributed by atoms with Gasteiger partial charge in [-0.1, -0.05) is 0 Å². The highest BCUT2D eigenvalue weighted by Crippen LogP contribution is 2.40. The lowest BCUT2D eigenvalue weighted by atomic mass is 10.00. The van der Waals surface area contributed by atoms with E-state index in [-0.39, 0.29) is 16.9 Å². The van der Waals surface area contributed by atoms with E-state index in [1.807, 2.05) is 0 Å². The van der Waals surface area contributed by atoms with Gasteiger partial charge in [0.25, 0.3) is 0 Å². The van der Waals surface area contributed by atoms with Crippen LogP contribution in [0.1, 0.15) is 6.92 Å². The number of hydrogen-bond donors (Lipinski definition) is 7. The van der Waals surface area contributed by atoms with Gasteiger partial charge in [-0.15, -0.1) is 0 Å². The molecule has 32 heavy (non-hydrogen) atoms. The Balaban J connectivity index is 1.92. The molecule has 2 heterocycles. The van der Waals surface area contributed by atoms with Crippen LogP contribution < -0.4 is 10.2 Å². The van der Waals surface area contributed by atoms with Gasteiger partial charge in [0, 0.05) is 5.56 Å². The molecule has 170 valence electrons. The highest BCUT2D eigenvalue weighted by atomic mass is 16.7. The van der Waals surface area contributed by atoms with Gasteiger partial charge in [0.05, 0.1) is 6.10 Å². The summed E-state index contributed by atoms with van der Waals surface area (Å²) in [5, 5.41) is 69.2. The van der Waals surface area contributed by atoms with Crippen LogP contribution in [0.2, 0.25) is 0 Å². The third-order valence-corrected chi connectivity index (χ3v) is 5.25. The summed E-state index contributed by atoms with van der Waals surface area (Å²) in [4.78, 5) is 13.2. The molecule has 2 aromatic carbocycles. The first-order valence-corrected chi connectivity index (χ1v) is 9.50. The highest BCUT2D eigenvalue weighted by molar-refractivity contribution is 5.89. The second-order valence-corrected chi connectivity index (χ2v) is 7.40. The van der Waals surface area contributed by atoms with E-state index in [1.165, 1.54) is 19.1 Å². The number of phenols is 4. The zero-order valence-corrected chi connectivity index (χ0v) is 16.5. The van der Waals surface area contributed by atoms with Crippen molar-refractivity contribution in [2.45, 2.75) is 37.6 Å². The zero-order valence-electron chi connectivity index (χ0n) is 16.5. The molecule has 0 radical (unpaired) electrons. The Labute approximate surface area is 179 Å². The number of benzene rings is 2. The van der Waals surface area contributed by atoms with E-state index in [0.29, 0.717) is 0 Å². The quantitative estimate of drug-likeness (QED) is 0.276. The molecule has 5 atom stereocenters. The molecule has 11 heteroatoms. The summed E-state index contributed by atoms with van der Waals surface area (Å²) >= 11 is 0. The van der Waals surface area contributed by atoms with Crippen molar-refractivity contribution in [2.24, 2.45) is 0 Å². The normalized spacial score (nSPS) is 25.7. The molecule has 0 spiro atoms. The van der Waals surface area contributed by atoms with E-state index in [2.05, 4.69) is 0 Å². The van der Waals surface area contributed by atoms with E-state index in [1.54, 1.807) is 0 Å². The number of aliphatic hydroxyl groups is 3. The van der Waals surface area contributed by atoms with Gasteiger partial charge in [-0.05, 0) is 37.3 Å². The summed E-state index contributed by atoms with van der Waals surface area (Å²) in [6, 6.07) is 5.87. The first-order valence-electron chi connectivity index (χ1n) is 9.50. The summed E-state index contributed by atoms with van der Waals surface area (Å²) in [5.74, 6) is -3.15. The Bertz CT molecular complexity index is 1230. The average Bonchev–Trinajstić information content (AvgIpc) is 2.76. The van der Waals surface area contributed by atoms with Crippen molar-refractivity contribution < 1.29 is 49.6 Å². The Morgan fingerprint density at radius 3 is 2.25 bits per heavy atom. The molecule has 11 nitrogen and oxygen atoms in total. The van der Waals surface area contributed by atoms with Crippen molar-refractivity contribution in [3.8, 4) is 40.1 Å². The second-order valence-electron chi connectivity index (χ2n) is 7.40. The minimum absolute atomic E-state index is 0.0841. The van der Waals surface area contributed by atoms with Crippen molar-refractivity contribution in [2.75, 3.05) is 0 Å². The Kier molecular flexibility index (Phi) is 5.34. The highest BCUT2D eigenvalue weighted by Gasteiger charge is 2.44. The van der Waals surface area contributed by atoms with Gasteiger partial charge in [-0.25, -0.2) is 0 Å². The number of hydrogen-bond acceptors (Lipinski definition) is 11. The molecular weight excluding hydrogens is 428 g/mol. The Morgan fingerprint density at radius 1 is 0.875 bits per heavy atom. The van der Waals surface area contributed by atoms with Gasteiger partial charge < -0.3 is 49.6 Å². The number of aromatic hydroxyl groups is 4. The summed E-state index contributed by atoms with van der Waals surface area (Å²) in [6.45, 7) is 1.42. The van der Waals surface area contributed by atoms with Crippen molar-refractivity contribution in [3.05, 3.63) is 40.6 Å². The maximum Gasteiger partial charge on any atom is 0.239 e. The molecular formula is C21H20O11. The fourth-order valence-corrected chi connectivity index (χ4v) is 3.43. The molecule has 0 aliphatic carbocycles. The summed E-state index contributed by atoms with van der Waals surface area (Å²) in [7, 11) is 0. The van der Waals surface area contributed by atoms with E-state index < -0.39 is 70.3 Å². The Hall–Kier alpha value is -3.51. The van der Waals surface area contributed by atoms with Crippen LogP contribution in [0.4, 0.5) is 0 Å². The number of ether oxygens (including phenoxy) is 2. The topological polar surface area (TPSA) is 190 Å². The van der Waals surface area contributed by atoms with Gasteiger partial charge in [-0.2, -0.15) is 0 Å². The summed E-state index contributed by atoms with van der Waals surface area (Å²) in [5.41, 5.74) is -0.999. The largest absolute Gasteiger partial charge is 0.504 e. The molecule has 1 aliphatic heterocycles. The van der Waals surface area contributed by atoms with E-state index >= 15 is 0 Å². The lowest BCUT2D eigenvalue weighted by Gasteiger charge is -2.38. The summed E-state index contributed by atoms with van der Waals surface area (Å²) in [6.07, 6.45) is -7.39. The van der Waals surface area contributed by atoms with Crippen molar-refractivity contribution in [1.82, 2.24) is 0 Å². The zero-order chi connectivity index (χ0) is 23.3. The van der Waals surface area contributed by atoms with Crippen LogP contribution in [0.5, 0.6) is 28.7 Å². The predicted molar refractivity (Wildman–Crippen MR) is 108 cm³/mol. The minimum Gasteiger partial charge on any atom is -0.504 e. The minimum atomic E-state index is -1.75. The van der Waals surface area contributed by atoms with Crippen LogP contribution in [-0.4, -0.2) is 66.5 Å². The fourth-order valence-electron chi connectivity index (χ4n) is 3.43. The van der Waals surface area contributed by atoms with Crippen LogP contribution >= 0.6 is 0 Å². The van der Waals surface area contributed by atoms with Crippen molar-refractivity contribution >= 4 is 11.0 Å². The smallest absolute Gasteiger partial charge is 0.239 e. The SMILES string of the molecule is C[C@@H]1O[C@@H](Oc2c(-c3ccc(O)c(O)c3)oc3ccc(O)c(O)c3c2=O)[C@H](O)[C@H](O)[C@H]1O. The molecule has 4 rings (SSSR count). The summed E-state index contributed by atoms with van der Waals surface area (Å²) < 4.78 is 16.6. The van der Waals surface area contributed by atoms with Gasteiger partial charge in [-0.3, -0.25) is 4.79 Å². The first kappa shape index (κ1) is 21.7. The Morgan fingerprint density at radius 2 is 1.56 bits per heavy atom. The molecule has 0 bridgehead atoms. The predicted octanol–water partition coefficient (Wildman–Crippen LogP) is 0.489. The number of fused-ring (bicyclic) bond motifs is 1. The third-order valence-electron chi connectivity index (χ3n) is 5.25. The van der Waals surface area contributed by atoms with Gasteiger partial charge in [0.2, 0.25) is 17.5 Å². The van der Waals surface area contributed by atoms with Crippen LogP contribution in [0.15, 0.2) is 39.5 Å². The monoisotopic (exact) mass is 448 g/mol. The third kappa shape index (κ3) is 3.46. The standard InChI is InChI=1S/C21H20O11/c1-7-14(25)17(28)18(29)21(30-7)32-20-16(27)13-12(5-4-10(23)15(13)26)31-19(20)8-2-3-9(22)11(24)6-8/h2-7,14,17-18,21-26,28-29H,1H3/t7-,14-,17+,18+,21-/m0/s1. The van der Waals surface area contributed by atoms with Crippen molar-refractivity contribution in [3.63, 3.8) is 0 Å². The second kappa shape index (κ2) is 7.88. The average molecular weight is 448 g/mol. The molecule has 3 aromatic rings. The maximum absolute atomic E-state index is 13.2. The fraction of sp³-hybridized carbons (Fsp3) is 0.286. The molecule has 1 aliphatic rings.